The van der Waals surface area contributed by atoms with E-state index in [1.54, 1.807) is 12.1 Å². The summed E-state index contributed by atoms with van der Waals surface area (Å²) >= 11 is 0. The molecule has 0 heterocycles. The van der Waals surface area contributed by atoms with Gasteiger partial charge >= 0.3 is 5.97 Å². The number of carbonyl (C=O) groups excluding carboxylic acids is 2. The summed E-state index contributed by atoms with van der Waals surface area (Å²) in [6.45, 7) is 0. The van der Waals surface area contributed by atoms with Crippen molar-refractivity contribution >= 4 is 17.8 Å². The van der Waals surface area contributed by atoms with E-state index in [0.29, 0.717) is 5.56 Å². The van der Waals surface area contributed by atoms with Gasteiger partial charge in [0.15, 0.2) is 0 Å². The Hall–Kier alpha value is -2.81. The highest BCUT2D eigenvalue weighted by Gasteiger charge is 2.21. The van der Waals surface area contributed by atoms with Crippen LogP contribution in [0, 0.1) is 12.3 Å². The lowest BCUT2D eigenvalue weighted by molar-refractivity contribution is -0.139. The number of carbonyl (C=O) groups is 3. The number of benzene rings is 1. The number of hydrogen-bond acceptors (Lipinski definition) is 3. The summed E-state index contributed by atoms with van der Waals surface area (Å²) in [7, 11) is 0. The van der Waals surface area contributed by atoms with Crippen molar-refractivity contribution < 1.29 is 19.5 Å². The molecule has 4 N–H and O–H groups in total. The number of nitrogens with two attached hydrogens (primary N) is 1. The maximum atomic E-state index is 11.9. The number of terminal acetylenes is 1. The maximum absolute atomic E-state index is 11.9. The number of carboxylic acids is 1. The van der Waals surface area contributed by atoms with Crippen molar-refractivity contribution in [3.05, 3.63) is 35.4 Å². The van der Waals surface area contributed by atoms with Gasteiger partial charge in [-0.25, -0.2) is 4.79 Å². The Balaban J connectivity index is 2.72. The van der Waals surface area contributed by atoms with Crippen LogP contribution >= 0.6 is 0 Å². The largest absolute Gasteiger partial charge is 0.480 e. The smallest absolute Gasteiger partial charge is 0.326 e. The van der Waals surface area contributed by atoms with Crippen LogP contribution in [0.3, 0.4) is 0 Å². The third-order valence-electron chi connectivity index (χ3n) is 2.60. The van der Waals surface area contributed by atoms with E-state index in [1.807, 2.05) is 0 Å². The summed E-state index contributed by atoms with van der Waals surface area (Å²) < 4.78 is 0. The van der Waals surface area contributed by atoms with Gasteiger partial charge < -0.3 is 16.2 Å². The monoisotopic (exact) mass is 274 g/mol. The fraction of sp³-hybridized carbons (Fsp3) is 0.214. The van der Waals surface area contributed by atoms with Crippen LogP contribution in [0.1, 0.15) is 28.8 Å². The highest BCUT2D eigenvalue weighted by atomic mass is 16.4. The zero-order chi connectivity index (χ0) is 15.1. The molecular weight excluding hydrogens is 260 g/mol. The van der Waals surface area contributed by atoms with Gasteiger partial charge in [0.05, 0.1) is 0 Å². The molecule has 2 amide bonds. The molecule has 0 aliphatic carbocycles. The van der Waals surface area contributed by atoms with Gasteiger partial charge in [0.1, 0.15) is 6.04 Å². The quantitative estimate of drug-likeness (QED) is 0.640. The fourth-order valence-electron chi connectivity index (χ4n) is 1.50. The lowest BCUT2D eigenvalue weighted by Crippen LogP contribution is -2.41. The molecule has 1 atom stereocenters. The van der Waals surface area contributed by atoms with Crippen LogP contribution in [-0.2, 0) is 9.59 Å². The van der Waals surface area contributed by atoms with Gasteiger partial charge in [-0.2, -0.15) is 0 Å². The standard InChI is InChI=1S/C14H14N2O4/c1-2-9-3-5-10(6-4-9)13(18)16-11(14(19)20)7-8-12(15)17/h1,3-6,11H,7-8H2,(H2,15,17)(H,16,18)(H,19,20)/t11-/m0/s1. The van der Waals surface area contributed by atoms with Crippen LogP contribution in [0.4, 0.5) is 0 Å². The number of primary amides is 1. The van der Waals surface area contributed by atoms with Crippen LogP contribution in [0.25, 0.3) is 0 Å². The predicted octanol–water partition coefficient (Wildman–Crippen LogP) is 0.116. The van der Waals surface area contributed by atoms with E-state index in [0.717, 1.165) is 0 Å². The average Bonchev–Trinajstić information content (AvgIpc) is 2.42. The molecule has 0 aromatic heterocycles. The second-order valence-corrected chi connectivity index (χ2v) is 4.09. The molecule has 20 heavy (non-hydrogen) atoms. The van der Waals surface area contributed by atoms with Gasteiger partial charge in [-0.05, 0) is 30.7 Å². The minimum Gasteiger partial charge on any atom is -0.480 e. The average molecular weight is 274 g/mol. The van der Waals surface area contributed by atoms with Crippen LogP contribution in [-0.4, -0.2) is 28.9 Å². The summed E-state index contributed by atoms with van der Waals surface area (Å²) in [6.07, 6.45) is 5.02. The lowest BCUT2D eigenvalue weighted by atomic mass is 10.1. The fourth-order valence-corrected chi connectivity index (χ4v) is 1.50. The van der Waals surface area contributed by atoms with Gasteiger partial charge in [-0.3, -0.25) is 9.59 Å². The first-order valence-corrected chi connectivity index (χ1v) is 5.82. The molecule has 0 saturated heterocycles. The third kappa shape index (κ3) is 4.46. The lowest BCUT2D eigenvalue weighted by Gasteiger charge is -2.13. The molecule has 0 radical (unpaired) electrons. The Morgan fingerprint density at radius 1 is 1.30 bits per heavy atom. The van der Waals surface area contributed by atoms with E-state index in [9.17, 15) is 14.4 Å². The Labute approximate surface area is 116 Å². The molecule has 6 nitrogen and oxygen atoms in total. The van der Waals surface area contributed by atoms with E-state index >= 15 is 0 Å². The van der Waals surface area contributed by atoms with Gasteiger partial charge in [-0.15, -0.1) is 6.42 Å². The molecule has 0 fully saturated rings. The Morgan fingerprint density at radius 2 is 1.90 bits per heavy atom. The number of nitrogens with one attached hydrogen (secondary N) is 1. The number of rotatable bonds is 6. The van der Waals surface area contributed by atoms with Gasteiger partial charge in [0.25, 0.3) is 5.91 Å². The van der Waals surface area contributed by atoms with Crippen molar-refractivity contribution in [3.8, 4) is 12.3 Å². The molecule has 6 heteroatoms. The highest BCUT2D eigenvalue weighted by Crippen LogP contribution is 2.05. The topological polar surface area (TPSA) is 109 Å². The molecule has 104 valence electrons. The molecule has 1 rings (SSSR count). The predicted molar refractivity (Wildman–Crippen MR) is 71.7 cm³/mol. The SMILES string of the molecule is C#Cc1ccc(C(=O)N[C@@H](CCC(N)=O)C(=O)O)cc1. The van der Waals surface area contributed by atoms with E-state index in [-0.39, 0.29) is 18.4 Å². The molecule has 0 aliphatic heterocycles. The highest BCUT2D eigenvalue weighted by molar-refractivity contribution is 5.96. The Morgan fingerprint density at radius 3 is 2.35 bits per heavy atom. The molecule has 0 aliphatic rings. The minimum absolute atomic E-state index is 0.0567. The molecule has 0 bridgehead atoms. The second kappa shape index (κ2) is 6.95. The van der Waals surface area contributed by atoms with Crippen LogP contribution in [0.5, 0.6) is 0 Å². The molecular formula is C14H14N2O4. The first kappa shape index (κ1) is 15.2. The van der Waals surface area contributed by atoms with Crippen molar-refractivity contribution in [1.82, 2.24) is 5.32 Å². The summed E-state index contributed by atoms with van der Waals surface area (Å²) in [5.74, 6) is 0.0134. The van der Waals surface area contributed by atoms with Gasteiger partial charge in [0.2, 0.25) is 5.91 Å². The number of amides is 2. The van der Waals surface area contributed by atoms with Gasteiger partial charge in [-0.1, -0.05) is 5.92 Å². The van der Waals surface area contributed by atoms with Crippen molar-refractivity contribution in [2.45, 2.75) is 18.9 Å². The molecule has 1 aromatic carbocycles. The molecule has 0 spiro atoms. The Bertz CT molecular complexity index is 558. The zero-order valence-corrected chi connectivity index (χ0v) is 10.6. The third-order valence-corrected chi connectivity index (χ3v) is 2.60. The first-order valence-electron chi connectivity index (χ1n) is 5.82. The van der Waals surface area contributed by atoms with Crippen molar-refractivity contribution in [2.24, 2.45) is 5.73 Å². The van der Waals surface area contributed by atoms with E-state index in [2.05, 4.69) is 11.2 Å². The van der Waals surface area contributed by atoms with Crippen LogP contribution < -0.4 is 11.1 Å². The number of aliphatic carboxylic acids is 1. The summed E-state index contributed by atoms with van der Waals surface area (Å²) in [4.78, 5) is 33.5. The zero-order valence-electron chi connectivity index (χ0n) is 10.6. The van der Waals surface area contributed by atoms with E-state index in [4.69, 9.17) is 17.3 Å². The first-order chi connectivity index (χ1) is 9.43. The summed E-state index contributed by atoms with van der Waals surface area (Å²) in [5.41, 5.74) is 5.85. The molecule has 1 aromatic rings. The van der Waals surface area contributed by atoms with Crippen molar-refractivity contribution in [1.29, 1.82) is 0 Å². The van der Waals surface area contributed by atoms with E-state index in [1.165, 1.54) is 12.1 Å². The van der Waals surface area contributed by atoms with Gasteiger partial charge in [0, 0.05) is 17.5 Å². The number of carboxylic acid groups (broad SMARTS) is 1. The van der Waals surface area contributed by atoms with Crippen molar-refractivity contribution in [2.75, 3.05) is 0 Å². The summed E-state index contributed by atoms with van der Waals surface area (Å²) in [5, 5.41) is 11.3. The van der Waals surface area contributed by atoms with Crippen molar-refractivity contribution in [3.63, 3.8) is 0 Å². The Kier molecular flexibility index (Phi) is 5.30. The van der Waals surface area contributed by atoms with E-state index < -0.39 is 23.8 Å². The number of hydrogen-bond donors (Lipinski definition) is 3. The molecule has 0 unspecified atom stereocenters. The van der Waals surface area contributed by atoms with Crippen LogP contribution in [0.2, 0.25) is 0 Å². The minimum atomic E-state index is -1.22. The maximum Gasteiger partial charge on any atom is 0.326 e. The molecule has 0 saturated carbocycles. The van der Waals surface area contributed by atoms with Crippen LogP contribution in [0.15, 0.2) is 24.3 Å². The normalized spacial score (nSPS) is 11.2. The second-order valence-electron chi connectivity index (χ2n) is 4.09. The summed E-state index contributed by atoms with van der Waals surface area (Å²) in [6, 6.07) is 4.99.